The summed E-state index contributed by atoms with van der Waals surface area (Å²) in [5.41, 5.74) is 1.19. The number of fused-ring (bicyclic) bond motifs is 1. The molecular weight excluding hydrogens is 401 g/mol. The van der Waals surface area contributed by atoms with Crippen molar-refractivity contribution in [2.45, 2.75) is 6.17 Å². The standard InChI is InChI=1S/C18H19ClFN7O2/c1-3-14(28)27-6-10(13(20)8-27)9-29-17-15-12(19)5-21-16(15)24-18(25-17)23-11-4-22-26(2)7-11/h3-5,7,10,13H,1,6,8-9H2,2H3,(H2,21,23,24,25). The highest BCUT2D eigenvalue weighted by atomic mass is 35.5. The Balaban J connectivity index is 1.55. The largest absolute Gasteiger partial charge is 0.477 e. The lowest BCUT2D eigenvalue weighted by molar-refractivity contribution is -0.125. The maximum Gasteiger partial charge on any atom is 0.246 e. The van der Waals surface area contributed by atoms with Crippen LogP contribution < -0.4 is 10.1 Å². The zero-order valence-corrected chi connectivity index (χ0v) is 16.4. The zero-order chi connectivity index (χ0) is 20.5. The Bertz CT molecular complexity index is 1070. The van der Waals surface area contributed by atoms with Crippen molar-refractivity contribution in [1.82, 2.24) is 29.6 Å². The van der Waals surface area contributed by atoms with E-state index in [0.29, 0.717) is 21.7 Å². The number of anilines is 2. The number of halogens is 2. The van der Waals surface area contributed by atoms with Gasteiger partial charge in [0.1, 0.15) is 11.8 Å². The highest BCUT2D eigenvalue weighted by Gasteiger charge is 2.35. The first kappa shape index (κ1) is 19.2. The molecule has 0 bridgehead atoms. The summed E-state index contributed by atoms with van der Waals surface area (Å²) in [6.45, 7) is 3.76. The van der Waals surface area contributed by atoms with Gasteiger partial charge in [-0.3, -0.25) is 9.48 Å². The molecule has 4 heterocycles. The van der Waals surface area contributed by atoms with E-state index in [2.05, 4.69) is 31.9 Å². The molecule has 0 saturated carbocycles. The van der Waals surface area contributed by atoms with Gasteiger partial charge in [-0.2, -0.15) is 15.1 Å². The summed E-state index contributed by atoms with van der Waals surface area (Å²) in [6, 6.07) is 0. The van der Waals surface area contributed by atoms with Crippen molar-refractivity contribution in [2.24, 2.45) is 13.0 Å². The summed E-state index contributed by atoms with van der Waals surface area (Å²) in [5, 5.41) is 8.04. The molecule has 1 saturated heterocycles. The van der Waals surface area contributed by atoms with Crippen LogP contribution in [0.1, 0.15) is 0 Å². The third-order valence-corrected chi connectivity index (χ3v) is 4.99. The van der Waals surface area contributed by atoms with Crippen molar-refractivity contribution in [2.75, 3.05) is 25.0 Å². The molecule has 2 atom stereocenters. The van der Waals surface area contributed by atoms with Gasteiger partial charge in [-0.15, -0.1) is 0 Å². The van der Waals surface area contributed by atoms with E-state index in [4.69, 9.17) is 16.3 Å². The topological polar surface area (TPSA) is 101 Å². The van der Waals surface area contributed by atoms with E-state index >= 15 is 0 Å². The number of carbonyl (C=O) groups excluding carboxylic acids is 1. The van der Waals surface area contributed by atoms with Gasteiger partial charge in [0.15, 0.2) is 0 Å². The van der Waals surface area contributed by atoms with Gasteiger partial charge in [0.05, 0.1) is 35.4 Å². The number of amides is 1. The second kappa shape index (κ2) is 7.70. The van der Waals surface area contributed by atoms with E-state index in [-0.39, 0.29) is 37.4 Å². The molecule has 11 heteroatoms. The van der Waals surface area contributed by atoms with Gasteiger partial charge < -0.3 is 19.9 Å². The number of carbonyl (C=O) groups is 1. The normalized spacial score (nSPS) is 18.9. The number of aromatic amines is 1. The van der Waals surface area contributed by atoms with E-state index in [0.717, 1.165) is 0 Å². The molecule has 1 aliphatic rings. The van der Waals surface area contributed by atoms with E-state index in [1.165, 1.54) is 11.0 Å². The van der Waals surface area contributed by atoms with Crippen LogP contribution in [0.25, 0.3) is 11.0 Å². The molecule has 2 unspecified atom stereocenters. The van der Waals surface area contributed by atoms with Crippen molar-refractivity contribution >= 4 is 40.2 Å². The van der Waals surface area contributed by atoms with Crippen LogP contribution in [0.3, 0.4) is 0 Å². The van der Waals surface area contributed by atoms with E-state index in [1.54, 1.807) is 30.3 Å². The molecule has 1 amide bonds. The molecule has 4 rings (SSSR count). The van der Waals surface area contributed by atoms with Gasteiger partial charge >= 0.3 is 0 Å². The molecule has 9 nitrogen and oxygen atoms in total. The smallest absolute Gasteiger partial charge is 0.246 e. The van der Waals surface area contributed by atoms with Crippen LogP contribution in [0.15, 0.2) is 31.2 Å². The molecule has 0 spiro atoms. The first-order valence-corrected chi connectivity index (χ1v) is 9.31. The lowest BCUT2D eigenvalue weighted by Crippen LogP contribution is -2.27. The van der Waals surface area contributed by atoms with Crippen LogP contribution >= 0.6 is 11.6 Å². The summed E-state index contributed by atoms with van der Waals surface area (Å²) in [5.74, 6) is -0.258. The third kappa shape index (κ3) is 3.88. The van der Waals surface area contributed by atoms with Crippen LogP contribution in [0.4, 0.5) is 16.0 Å². The Morgan fingerprint density at radius 3 is 3.07 bits per heavy atom. The fraction of sp³-hybridized carbons (Fsp3) is 0.333. The van der Waals surface area contributed by atoms with Gasteiger partial charge in [-0.1, -0.05) is 18.2 Å². The average molecular weight is 420 g/mol. The number of H-pyrrole nitrogens is 1. The second-order valence-electron chi connectivity index (χ2n) is 6.77. The molecule has 152 valence electrons. The predicted molar refractivity (Wildman–Crippen MR) is 106 cm³/mol. The van der Waals surface area contributed by atoms with Crippen LogP contribution in [0.5, 0.6) is 5.88 Å². The number of likely N-dealkylation sites (tertiary alicyclic amines) is 1. The minimum Gasteiger partial charge on any atom is -0.477 e. The van der Waals surface area contributed by atoms with E-state index in [1.807, 2.05) is 0 Å². The number of nitrogens with one attached hydrogen (secondary N) is 2. The summed E-state index contributed by atoms with van der Waals surface area (Å²) < 4.78 is 21.8. The number of nitrogens with zero attached hydrogens (tertiary/aromatic N) is 5. The highest BCUT2D eigenvalue weighted by molar-refractivity contribution is 6.35. The molecule has 3 aromatic heterocycles. The molecule has 1 fully saturated rings. The predicted octanol–water partition coefficient (Wildman–Crippen LogP) is 2.45. The number of hydrogen-bond donors (Lipinski definition) is 2. The fourth-order valence-corrected chi connectivity index (χ4v) is 3.45. The number of alkyl halides is 1. The summed E-state index contributed by atoms with van der Waals surface area (Å²) in [4.78, 5) is 24.9. The first-order chi connectivity index (χ1) is 13.9. The number of rotatable bonds is 6. The van der Waals surface area contributed by atoms with E-state index in [9.17, 15) is 9.18 Å². The number of ether oxygens (including phenoxy) is 1. The molecule has 0 aliphatic carbocycles. The third-order valence-electron chi connectivity index (χ3n) is 4.69. The maximum atomic E-state index is 14.3. The van der Waals surface area contributed by atoms with Gasteiger partial charge in [0.2, 0.25) is 17.7 Å². The van der Waals surface area contributed by atoms with Crippen LogP contribution in [0.2, 0.25) is 5.02 Å². The molecule has 1 aliphatic heterocycles. The van der Waals surface area contributed by atoms with Crippen molar-refractivity contribution in [3.05, 3.63) is 36.3 Å². The lowest BCUT2D eigenvalue weighted by atomic mass is 10.1. The van der Waals surface area contributed by atoms with E-state index < -0.39 is 12.1 Å². The van der Waals surface area contributed by atoms with Gasteiger partial charge in [0, 0.05) is 31.9 Å². The Morgan fingerprint density at radius 1 is 1.52 bits per heavy atom. The summed E-state index contributed by atoms with van der Waals surface area (Å²) >= 11 is 6.24. The molecule has 29 heavy (non-hydrogen) atoms. The number of hydrogen-bond acceptors (Lipinski definition) is 6. The van der Waals surface area contributed by atoms with Crippen molar-refractivity contribution in [3.63, 3.8) is 0 Å². The SMILES string of the molecule is C=CC(=O)N1CC(F)C(COc2nc(Nc3cnn(C)c3)nc3[nH]cc(Cl)c23)C1. The quantitative estimate of drug-likeness (QED) is 0.595. The maximum absolute atomic E-state index is 14.3. The molecular formula is C18H19ClFN7O2. The molecule has 3 aromatic rings. The van der Waals surface area contributed by atoms with Crippen LogP contribution in [0, 0.1) is 5.92 Å². The second-order valence-corrected chi connectivity index (χ2v) is 7.18. The number of aromatic nitrogens is 5. The van der Waals surface area contributed by atoms with Crippen molar-refractivity contribution < 1.29 is 13.9 Å². The fourth-order valence-electron chi connectivity index (χ4n) is 3.22. The van der Waals surface area contributed by atoms with Crippen LogP contribution in [-0.2, 0) is 11.8 Å². The van der Waals surface area contributed by atoms with Gasteiger partial charge in [0.25, 0.3) is 0 Å². The minimum absolute atomic E-state index is 0.0246. The molecule has 2 N–H and O–H groups in total. The number of aryl methyl sites for hydroxylation is 1. The zero-order valence-electron chi connectivity index (χ0n) is 15.6. The van der Waals surface area contributed by atoms with Gasteiger partial charge in [-0.05, 0) is 6.08 Å². The monoisotopic (exact) mass is 419 g/mol. The minimum atomic E-state index is -1.19. The summed E-state index contributed by atoms with van der Waals surface area (Å²) in [6.07, 6.45) is 4.98. The highest BCUT2D eigenvalue weighted by Crippen LogP contribution is 2.32. The molecule has 0 aromatic carbocycles. The van der Waals surface area contributed by atoms with Crippen LogP contribution in [-0.4, -0.2) is 61.4 Å². The lowest BCUT2D eigenvalue weighted by Gasteiger charge is -2.15. The Hall–Kier alpha value is -3.14. The summed E-state index contributed by atoms with van der Waals surface area (Å²) in [7, 11) is 1.80. The Kier molecular flexibility index (Phi) is 5.10. The first-order valence-electron chi connectivity index (χ1n) is 8.93. The van der Waals surface area contributed by atoms with Crippen molar-refractivity contribution in [3.8, 4) is 5.88 Å². The molecule has 0 radical (unpaired) electrons. The average Bonchev–Trinajstić information content (AvgIpc) is 3.39. The Morgan fingerprint density at radius 2 is 2.34 bits per heavy atom. The van der Waals surface area contributed by atoms with Gasteiger partial charge in [-0.25, -0.2) is 4.39 Å². The Labute approximate surface area is 170 Å². The van der Waals surface area contributed by atoms with Crippen molar-refractivity contribution in [1.29, 1.82) is 0 Å².